The molecule has 2 aromatic carbocycles. The van der Waals surface area contributed by atoms with Gasteiger partial charge < -0.3 is 10.6 Å². The number of hydrogen-bond acceptors (Lipinski definition) is 3. The quantitative estimate of drug-likeness (QED) is 0.668. The van der Waals surface area contributed by atoms with E-state index >= 15 is 0 Å². The Labute approximate surface area is 165 Å². The Hall–Kier alpha value is -2.50. The Balaban J connectivity index is 1.29. The fourth-order valence-corrected chi connectivity index (χ4v) is 3.93. The molecule has 27 heavy (non-hydrogen) atoms. The summed E-state index contributed by atoms with van der Waals surface area (Å²) >= 11 is 5.56. The van der Waals surface area contributed by atoms with E-state index in [1.807, 2.05) is 24.5 Å². The van der Waals surface area contributed by atoms with Gasteiger partial charge in [-0.05, 0) is 42.8 Å². The zero-order chi connectivity index (χ0) is 18.5. The third kappa shape index (κ3) is 4.62. The molecule has 2 heterocycles. The van der Waals surface area contributed by atoms with Crippen molar-refractivity contribution in [1.29, 1.82) is 0 Å². The van der Waals surface area contributed by atoms with Crippen LogP contribution in [0.1, 0.15) is 18.4 Å². The molecule has 0 saturated carbocycles. The third-order valence-corrected chi connectivity index (χ3v) is 5.32. The number of thiocarbonyl (C=S) groups is 1. The second-order valence-corrected chi connectivity index (χ2v) is 7.45. The van der Waals surface area contributed by atoms with Gasteiger partial charge in [0.25, 0.3) is 0 Å². The highest BCUT2D eigenvalue weighted by atomic mass is 32.1. The number of piperidine rings is 1. The van der Waals surface area contributed by atoms with Gasteiger partial charge in [0.1, 0.15) is 0 Å². The standard InChI is InChI=1S/C22H24N4S/c27-22(25-21-8-4-7-18-15-23-12-9-20(18)21)24-19-10-13-26(14-11-19)16-17-5-2-1-3-6-17/h1-9,12,15,19H,10-11,13-14,16H2,(H2,24,25,27). The summed E-state index contributed by atoms with van der Waals surface area (Å²) in [6, 6.07) is 19.3. The lowest BCUT2D eigenvalue weighted by atomic mass is 10.0. The molecule has 3 aromatic rings. The molecule has 0 spiro atoms. The number of fused-ring (bicyclic) bond motifs is 1. The highest BCUT2D eigenvalue weighted by Crippen LogP contribution is 2.22. The number of nitrogens with zero attached hydrogens (tertiary/aromatic N) is 2. The van der Waals surface area contributed by atoms with Crippen molar-refractivity contribution < 1.29 is 0 Å². The Morgan fingerprint density at radius 2 is 1.85 bits per heavy atom. The first-order chi connectivity index (χ1) is 13.3. The maximum absolute atomic E-state index is 5.56. The van der Waals surface area contributed by atoms with Crippen LogP contribution in [-0.2, 0) is 6.54 Å². The number of benzene rings is 2. The molecular weight excluding hydrogens is 352 g/mol. The van der Waals surface area contributed by atoms with Crippen LogP contribution >= 0.6 is 12.2 Å². The normalized spacial score (nSPS) is 15.6. The van der Waals surface area contributed by atoms with Crippen molar-refractivity contribution in [3.05, 3.63) is 72.6 Å². The lowest BCUT2D eigenvalue weighted by Gasteiger charge is -2.33. The molecule has 138 valence electrons. The van der Waals surface area contributed by atoms with Crippen molar-refractivity contribution in [1.82, 2.24) is 15.2 Å². The van der Waals surface area contributed by atoms with Crippen LogP contribution in [0.25, 0.3) is 10.8 Å². The fraction of sp³-hybridized carbons (Fsp3) is 0.273. The van der Waals surface area contributed by atoms with E-state index in [4.69, 9.17) is 12.2 Å². The molecule has 1 aliphatic rings. The van der Waals surface area contributed by atoms with Gasteiger partial charge in [-0.25, -0.2) is 0 Å². The van der Waals surface area contributed by atoms with Crippen molar-refractivity contribution in [2.45, 2.75) is 25.4 Å². The number of rotatable bonds is 4. The van der Waals surface area contributed by atoms with Gasteiger partial charge in [-0.15, -0.1) is 0 Å². The number of pyridine rings is 1. The third-order valence-electron chi connectivity index (χ3n) is 5.10. The Bertz CT molecular complexity index is 899. The molecule has 1 aliphatic heterocycles. The van der Waals surface area contributed by atoms with E-state index in [1.165, 1.54) is 5.56 Å². The van der Waals surface area contributed by atoms with Gasteiger partial charge in [-0.3, -0.25) is 9.88 Å². The van der Waals surface area contributed by atoms with E-state index in [-0.39, 0.29) is 0 Å². The lowest BCUT2D eigenvalue weighted by molar-refractivity contribution is 0.199. The van der Waals surface area contributed by atoms with Gasteiger partial charge in [-0.1, -0.05) is 42.5 Å². The van der Waals surface area contributed by atoms with Crippen LogP contribution in [0, 0.1) is 0 Å². The molecule has 0 amide bonds. The van der Waals surface area contributed by atoms with Crippen LogP contribution in [0.3, 0.4) is 0 Å². The molecule has 2 N–H and O–H groups in total. The van der Waals surface area contributed by atoms with Crippen LogP contribution in [-0.4, -0.2) is 34.1 Å². The summed E-state index contributed by atoms with van der Waals surface area (Å²) in [6.45, 7) is 3.21. The van der Waals surface area contributed by atoms with Crippen LogP contribution in [0.2, 0.25) is 0 Å². The van der Waals surface area contributed by atoms with E-state index < -0.39 is 0 Å². The zero-order valence-corrected chi connectivity index (χ0v) is 16.1. The van der Waals surface area contributed by atoms with E-state index in [1.54, 1.807) is 0 Å². The molecular formula is C22H24N4S. The molecule has 0 radical (unpaired) electrons. The molecule has 5 heteroatoms. The van der Waals surface area contributed by atoms with Gasteiger partial charge >= 0.3 is 0 Å². The summed E-state index contributed by atoms with van der Waals surface area (Å²) in [7, 11) is 0. The van der Waals surface area contributed by atoms with Gasteiger partial charge in [0, 0.05) is 54.5 Å². The first kappa shape index (κ1) is 17.9. The average Bonchev–Trinajstić information content (AvgIpc) is 2.71. The Morgan fingerprint density at radius 1 is 1.04 bits per heavy atom. The summed E-state index contributed by atoms with van der Waals surface area (Å²) in [4.78, 5) is 6.70. The summed E-state index contributed by atoms with van der Waals surface area (Å²) < 4.78 is 0. The number of nitrogens with one attached hydrogen (secondary N) is 2. The van der Waals surface area contributed by atoms with Crippen molar-refractivity contribution in [2.75, 3.05) is 18.4 Å². The first-order valence-corrected chi connectivity index (χ1v) is 9.85. The smallest absolute Gasteiger partial charge is 0.171 e. The molecule has 1 saturated heterocycles. The SMILES string of the molecule is S=C(Nc1cccc2cnccc12)NC1CCN(Cc2ccccc2)CC1. The molecule has 0 bridgehead atoms. The molecule has 0 atom stereocenters. The number of likely N-dealkylation sites (tertiary alicyclic amines) is 1. The van der Waals surface area contributed by atoms with Crippen LogP contribution < -0.4 is 10.6 Å². The average molecular weight is 377 g/mol. The summed E-state index contributed by atoms with van der Waals surface area (Å²) in [5.41, 5.74) is 2.40. The monoisotopic (exact) mass is 376 g/mol. The molecule has 4 rings (SSSR count). The van der Waals surface area contributed by atoms with Crippen LogP contribution in [0.15, 0.2) is 67.0 Å². The van der Waals surface area contributed by atoms with Gasteiger partial charge in [-0.2, -0.15) is 0 Å². The van der Waals surface area contributed by atoms with Gasteiger partial charge in [0.05, 0.1) is 0 Å². The summed E-state index contributed by atoms with van der Waals surface area (Å²) in [5.74, 6) is 0. The molecule has 4 nitrogen and oxygen atoms in total. The van der Waals surface area contributed by atoms with E-state index in [2.05, 4.69) is 63.0 Å². The topological polar surface area (TPSA) is 40.2 Å². The highest BCUT2D eigenvalue weighted by molar-refractivity contribution is 7.80. The molecule has 0 aliphatic carbocycles. The van der Waals surface area contributed by atoms with Crippen molar-refractivity contribution >= 4 is 33.8 Å². The molecule has 1 aromatic heterocycles. The van der Waals surface area contributed by atoms with Crippen molar-refractivity contribution in [2.24, 2.45) is 0 Å². The molecule has 0 unspecified atom stereocenters. The number of anilines is 1. The number of aromatic nitrogens is 1. The molecule has 1 fully saturated rings. The highest BCUT2D eigenvalue weighted by Gasteiger charge is 2.19. The predicted octanol–water partition coefficient (Wildman–Crippen LogP) is 4.19. The predicted molar refractivity (Wildman–Crippen MR) is 116 cm³/mol. The minimum absolute atomic E-state index is 0.425. The minimum atomic E-state index is 0.425. The van der Waals surface area contributed by atoms with E-state index in [9.17, 15) is 0 Å². The second kappa shape index (κ2) is 8.46. The van der Waals surface area contributed by atoms with E-state index in [0.717, 1.165) is 48.9 Å². The largest absolute Gasteiger partial charge is 0.360 e. The van der Waals surface area contributed by atoms with Crippen LogP contribution in [0.5, 0.6) is 0 Å². The van der Waals surface area contributed by atoms with Crippen molar-refractivity contribution in [3.8, 4) is 0 Å². The first-order valence-electron chi connectivity index (χ1n) is 9.44. The van der Waals surface area contributed by atoms with Crippen molar-refractivity contribution in [3.63, 3.8) is 0 Å². The minimum Gasteiger partial charge on any atom is -0.360 e. The lowest BCUT2D eigenvalue weighted by Crippen LogP contribution is -2.45. The second-order valence-electron chi connectivity index (χ2n) is 7.04. The van der Waals surface area contributed by atoms with Gasteiger partial charge in [0.15, 0.2) is 5.11 Å². The van der Waals surface area contributed by atoms with E-state index in [0.29, 0.717) is 11.2 Å². The Kier molecular flexibility index (Phi) is 5.61. The van der Waals surface area contributed by atoms with Gasteiger partial charge in [0.2, 0.25) is 0 Å². The number of hydrogen-bond donors (Lipinski definition) is 2. The fourth-order valence-electron chi connectivity index (χ4n) is 3.65. The van der Waals surface area contributed by atoms with Crippen LogP contribution in [0.4, 0.5) is 5.69 Å². The maximum Gasteiger partial charge on any atom is 0.171 e. The summed E-state index contributed by atoms with van der Waals surface area (Å²) in [6.07, 6.45) is 5.90. The zero-order valence-electron chi connectivity index (χ0n) is 15.3. The Morgan fingerprint density at radius 3 is 2.67 bits per heavy atom. The summed E-state index contributed by atoms with van der Waals surface area (Å²) in [5, 5.41) is 9.80. The maximum atomic E-state index is 5.56.